The summed E-state index contributed by atoms with van der Waals surface area (Å²) in [5, 5.41) is 2.09. The second kappa shape index (κ2) is 5.63. The fraction of sp³-hybridized carbons (Fsp3) is 0.412. The molecule has 0 unspecified atom stereocenters. The number of aromatic nitrogens is 1. The lowest BCUT2D eigenvalue weighted by molar-refractivity contribution is 0.302. The largest absolute Gasteiger partial charge is 0.350 e. The first-order chi connectivity index (χ1) is 9.69. The first kappa shape index (κ1) is 13.7. The smallest absolute Gasteiger partial charge is 0.0485 e. The summed E-state index contributed by atoms with van der Waals surface area (Å²) in [4.78, 5) is 2.52. The van der Waals surface area contributed by atoms with Crippen LogP contribution in [0.2, 0.25) is 5.02 Å². The Hall–Kier alpha value is -1.25. The zero-order valence-corrected chi connectivity index (χ0v) is 13.0. The van der Waals surface area contributed by atoms with E-state index >= 15 is 0 Å². The van der Waals surface area contributed by atoms with Crippen LogP contribution in [0.3, 0.4) is 0 Å². The van der Waals surface area contributed by atoms with Gasteiger partial charge in [-0.25, -0.2) is 0 Å². The van der Waals surface area contributed by atoms with Gasteiger partial charge in [-0.05, 0) is 43.2 Å². The summed E-state index contributed by atoms with van der Waals surface area (Å²) in [6, 6.07) is 6.16. The van der Waals surface area contributed by atoms with Crippen molar-refractivity contribution in [2.75, 3.05) is 19.6 Å². The number of halogens is 1. The molecule has 1 aromatic carbocycles. The van der Waals surface area contributed by atoms with E-state index < -0.39 is 0 Å². The van der Waals surface area contributed by atoms with Gasteiger partial charge in [-0.2, -0.15) is 0 Å². The highest BCUT2D eigenvalue weighted by Gasteiger charge is 2.16. The molecular formula is C17H21ClN2. The van der Waals surface area contributed by atoms with Crippen molar-refractivity contribution in [1.29, 1.82) is 0 Å². The summed E-state index contributed by atoms with van der Waals surface area (Å²) in [6.07, 6.45) is 6.98. The Morgan fingerprint density at radius 1 is 1.30 bits per heavy atom. The Labute approximate surface area is 125 Å². The van der Waals surface area contributed by atoms with Crippen molar-refractivity contribution in [3.63, 3.8) is 0 Å². The minimum atomic E-state index is 0.814. The second-order valence-electron chi connectivity index (χ2n) is 5.60. The molecule has 0 radical (unpaired) electrons. The van der Waals surface area contributed by atoms with Gasteiger partial charge >= 0.3 is 0 Å². The Morgan fingerprint density at radius 3 is 2.85 bits per heavy atom. The Morgan fingerprint density at radius 2 is 2.15 bits per heavy atom. The van der Waals surface area contributed by atoms with E-state index in [-0.39, 0.29) is 0 Å². The maximum absolute atomic E-state index is 6.17. The molecule has 3 heteroatoms. The molecule has 0 aliphatic carbocycles. The average molecular weight is 289 g/mol. The van der Waals surface area contributed by atoms with Crippen LogP contribution < -0.4 is 0 Å². The summed E-state index contributed by atoms with van der Waals surface area (Å²) < 4.78 is 2.19. The number of aryl methyl sites for hydroxylation is 1. The van der Waals surface area contributed by atoms with Crippen LogP contribution in [0, 0.1) is 0 Å². The zero-order valence-electron chi connectivity index (χ0n) is 12.2. The zero-order chi connectivity index (χ0) is 14.1. The normalized spacial score (nSPS) is 16.6. The Balaban J connectivity index is 1.97. The van der Waals surface area contributed by atoms with Gasteiger partial charge in [-0.1, -0.05) is 24.6 Å². The monoisotopic (exact) mass is 288 g/mol. The van der Waals surface area contributed by atoms with E-state index in [2.05, 4.69) is 47.8 Å². The molecule has 1 aliphatic rings. The van der Waals surface area contributed by atoms with Crippen molar-refractivity contribution in [3.05, 3.63) is 41.1 Å². The molecule has 0 bridgehead atoms. The third kappa shape index (κ3) is 2.50. The minimum absolute atomic E-state index is 0.814. The van der Waals surface area contributed by atoms with E-state index in [1.807, 2.05) is 6.07 Å². The van der Waals surface area contributed by atoms with Gasteiger partial charge in [0.05, 0.1) is 0 Å². The van der Waals surface area contributed by atoms with Crippen LogP contribution in [0.1, 0.15) is 25.3 Å². The molecule has 2 heterocycles. The first-order valence-electron chi connectivity index (χ1n) is 7.35. The molecule has 0 fully saturated rings. The summed E-state index contributed by atoms with van der Waals surface area (Å²) in [5.74, 6) is 0. The highest BCUT2D eigenvalue weighted by molar-refractivity contribution is 6.31. The van der Waals surface area contributed by atoms with E-state index in [1.165, 1.54) is 35.0 Å². The fourth-order valence-electron chi connectivity index (χ4n) is 3.10. The van der Waals surface area contributed by atoms with Gasteiger partial charge in [-0.15, -0.1) is 0 Å². The van der Waals surface area contributed by atoms with Gasteiger partial charge in [0, 0.05) is 47.8 Å². The van der Waals surface area contributed by atoms with Gasteiger partial charge in [-0.3, -0.25) is 4.90 Å². The van der Waals surface area contributed by atoms with Crippen molar-refractivity contribution in [2.45, 2.75) is 19.8 Å². The summed E-state index contributed by atoms with van der Waals surface area (Å²) in [7, 11) is 2.10. The van der Waals surface area contributed by atoms with Crippen molar-refractivity contribution < 1.29 is 0 Å². The number of fused-ring (bicyclic) bond motifs is 1. The maximum atomic E-state index is 6.17. The highest BCUT2D eigenvalue weighted by Crippen LogP contribution is 2.32. The van der Waals surface area contributed by atoms with Crippen LogP contribution >= 0.6 is 11.6 Å². The van der Waals surface area contributed by atoms with Gasteiger partial charge in [0.15, 0.2) is 0 Å². The molecule has 2 aromatic rings. The van der Waals surface area contributed by atoms with Crippen LogP contribution in [0.5, 0.6) is 0 Å². The molecular weight excluding hydrogens is 268 g/mol. The predicted molar refractivity (Wildman–Crippen MR) is 87.3 cm³/mol. The third-order valence-electron chi connectivity index (χ3n) is 4.13. The van der Waals surface area contributed by atoms with Crippen molar-refractivity contribution in [1.82, 2.24) is 9.47 Å². The molecule has 106 valence electrons. The van der Waals surface area contributed by atoms with Crippen LogP contribution in [-0.4, -0.2) is 29.1 Å². The van der Waals surface area contributed by atoms with Crippen LogP contribution in [0.4, 0.5) is 0 Å². The number of benzene rings is 1. The van der Waals surface area contributed by atoms with Gasteiger partial charge in [0.2, 0.25) is 0 Å². The molecule has 0 saturated heterocycles. The quantitative estimate of drug-likeness (QED) is 0.816. The van der Waals surface area contributed by atoms with Gasteiger partial charge in [0.25, 0.3) is 0 Å². The molecule has 0 amide bonds. The molecule has 0 atom stereocenters. The number of hydrogen-bond donors (Lipinski definition) is 0. The van der Waals surface area contributed by atoms with E-state index in [1.54, 1.807) is 0 Å². The first-order valence-corrected chi connectivity index (χ1v) is 7.73. The predicted octanol–water partition coefficient (Wildman–Crippen LogP) is 4.33. The number of hydrogen-bond acceptors (Lipinski definition) is 1. The van der Waals surface area contributed by atoms with Gasteiger partial charge < -0.3 is 4.57 Å². The lowest BCUT2D eigenvalue weighted by Gasteiger charge is -2.25. The fourth-order valence-corrected chi connectivity index (χ4v) is 3.27. The topological polar surface area (TPSA) is 8.17 Å². The lowest BCUT2D eigenvalue weighted by Crippen LogP contribution is -2.29. The molecule has 1 aliphatic heterocycles. The van der Waals surface area contributed by atoms with Crippen molar-refractivity contribution in [3.8, 4) is 0 Å². The SMILES string of the molecule is CCCN1CC=C(c2cn(C)c3ccc(Cl)cc23)CC1. The Kier molecular flexibility index (Phi) is 3.86. The summed E-state index contributed by atoms with van der Waals surface area (Å²) in [6.45, 7) is 5.67. The van der Waals surface area contributed by atoms with Crippen LogP contribution in [0.15, 0.2) is 30.5 Å². The minimum Gasteiger partial charge on any atom is -0.350 e. The van der Waals surface area contributed by atoms with E-state index in [9.17, 15) is 0 Å². The highest BCUT2D eigenvalue weighted by atomic mass is 35.5. The lowest BCUT2D eigenvalue weighted by atomic mass is 9.99. The molecule has 0 saturated carbocycles. The van der Waals surface area contributed by atoms with Crippen LogP contribution in [0.25, 0.3) is 16.5 Å². The van der Waals surface area contributed by atoms with E-state index in [0.717, 1.165) is 24.5 Å². The maximum Gasteiger partial charge on any atom is 0.0485 e. The average Bonchev–Trinajstić information content (AvgIpc) is 2.77. The molecule has 0 N–H and O–H groups in total. The number of rotatable bonds is 3. The standard InChI is InChI=1S/C17H21ClN2/c1-3-8-20-9-6-13(7-10-20)16-12-19(2)17-5-4-14(18)11-15(16)17/h4-6,11-12H,3,7-10H2,1-2H3. The number of nitrogens with zero attached hydrogens (tertiary/aromatic N) is 2. The molecule has 20 heavy (non-hydrogen) atoms. The Bertz CT molecular complexity index is 654. The van der Waals surface area contributed by atoms with E-state index in [0.29, 0.717) is 0 Å². The molecule has 2 nitrogen and oxygen atoms in total. The van der Waals surface area contributed by atoms with Gasteiger partial charge in [0.1, 0.15) is 0 Å². The summed E-state index contributed by atoms with van der Waals surface area (Å²) >= 11 is 6.17. The summed E-state index contributed by atoms with van der Waals surface area (Å²) in [5.41, 5.74) is 4.06. The second-order valence-corrected chi connectivity index (χ2v) is 6.03. The van der Waals surface area contributed by atoms with Crippen molar-refractivity contribution >= 4 is 28.1 Å². The van der Waals surface area contributed by atoms with E-state index in [4.69, 9.17) is 11.6 Å². The third-order valence-corrected chi connectivity index (χ3v) is 4.37. The molecule has 0 spiro atoms. The molecule has 1 aromatic heterocycles. The molecule has 3 rings (SSSR count). The van der Waals surface area contributed by atoms with Crippen molar-refractivity contribution in [2.24, 2.45) is 7.05 Å². The van der Waals surface area contributed by atoms with Crippen LogP contribution in [-0.2, 0) is 7.05 Å².